The molecule has 0 radical (unpaired) electrons. The van der Waals surface area contributed by atoms with Crippen molar-refractivity contribution < 1.29 is 19.1 Å². The maximum absolute atomic E-state index is 12.2. The van der Waals surface area contributed by atoms with E-state index >= 15 is 0 Å². The van der Waals surface area contributed by atoms with Crippen LogP contribution in [0, 0.1) is 0 Å². The van der Waals surface area contributed by atoms with E-state index in [4.69, 9.17) is 20.9 Å². The number of carbonyl (C=O) groups is 2. The van der Waals surface area contributed by atoms with Crippen LogP contribution in [0.1, 0.15) is 15.9 Å². The largest absolute Gasteiger partial charge is 0.423 e. The summed E-state index contributed by atoms with van der Waals surface area (Å²) >= 11 is 0. The van der Waals surface area contributed by atoms with Gasteiger partial charge in [0.1, 0.15) is 11.5 Å². The number of anilines is 2. The first kappa shape index (κ1) is 18.7. The van der Waals surface area contributed by atoms with Crippen molar-refractivity contribution in [2.45, 2.75) is 0 Å². The Kier molecular flexibility index (Phi) is 5.72. The summed E-state index contributed by atoms with van der Waals surface area (Å²) in [7, 11) is 0. The van der Waals surface area contributed by atoms with Crippen molar-refractivity contribution in [2.24, 2.45) is 0 Å². The highest BCUT2D eigenvalue weighted by Crippen LogP contribution is 2.18. The maximum Gasteiger partial charge on any atom is 0.343 e. The molecule has 0 fully saturated rings. The molecule has 0 atom stereocenters. The smallest absolute Gasteiger partial charge is 0.343 e. The summed E-state index contributed by atoms with van der Waals surface area (Å²) in [5, 5.41) is 0. The van der Waals surface area contributed by atoms with Gasteiger partial charge in [0.05, 0.1) is 5.56 Å². The van der Waals surface area contributed by atoms with E-state index in [1.165, 1.54) is 18.2 Å². The SMILES string of the molecule is Nc1cc(N)cc(C(=O)Oc2ccc(/C=C/C(=O)Oc3ccccc3)cc2)c1. The molecule has 0 heterocycles. The third-order valence-corrected chi connectivity index (χ3v) is 3.68. The Balaban J connectivity index is 1.60. The monoisotopic (exact) mass is 374 g/mol. The van der Waals surface area contributed by atoms with Gasteiger partial charge in [-0.1, -0.05) is 30.3 Å². The minimum Gasteiger partial charge on any atom is -0.423 e. The fourth-order valence-corrected chi connectivity index (χ4v) is 2.41. The first-order valence-corrected chi connectivity index (χ1v) is 8.43. The number of hydrogen-bond acceptors (Lipinski definition) is 6. The van der Waals surface area contributed by atoms with Crippen molar-refractivity contribution in [3.05, 3.63) is 90.0 Å². The van der Waals surface area contributed by atoms with Gasteiger partial charge in [-0.2, -0.15) is 0 Å². The Labute approximate surface area is 162 Å². The molecule has 3 aromatic rings. The van der Waals surface area contributed by atoms with Crippen molar-refractivity contribution >= 4 is 29.4 Å². The molecule has 4 N–H and O–H groups in total. The number of hydrogen-bond donors (Lipinski definition) is 2. The van der Waals surface area contributed by atoms with Gasteiger partial charge in [0.15, 0.2) is 0 Å². The van der Waals surface area contributed by atoms with Crippen LogP contribution in [0.15, 0.2) is 78.9 Å². The molecule has 0 saturated carbocycles. The average Bonchev–Trinajstić information content (AvgIpc) is 2.67. The zero-order chi connectivity index (χ0) is 19.9. The Morgan fingerprint density at radius 2 is 1.36 bits per heavy atom. The molecule has 0 unspecified atom stereocenters. The quantitative estimate of drug-likeness (QED) is 0.305. The van der Waals surface area contributed by atoms with E-state index in [2.05, 4.69) is 0 Å². The van der Waals surface area contributed by atoms with E-state index in [9.17, 15) is 9.59 Å². The minimum absolute atomic E-state index is 0.269. The first-order valence-electron chi connectivity index (χ1n) is 8.43. The standard InChI is InChI=1S/C22H18N2O4/c23-17-12-16(13-18(24)14-17)22(26)28-20-9-6-15(7-10-20)8-11-21(25)27-19-4-2-1-3-5-19/h1-14H,23-24H2/b11-8+. The van der Waals surface area contributed by atoms with Gasteiger partial charge in [-0.15, -0.1) is 0 Å². The number of esters is 2. The second-order valence-electron chi connectivity index (χ2n) is 5.91. The highest BCUT2D eigenvalue weighted by molar-refractivity contribution is 5.93. The van der Waals surface area contributed by atoms with Gasteiger partial charge in [0, 0.05) is 17.5 Å². The van der Waals surface area contributed by atoms with Gasteiger partial charge in [-0.3, -0.25) is 0 Å². The molecule has 0 amide bonds. The van der Waals surface area contributed by atoms with Crippen LogP contribution < -0.4 is 20.9 Å². The Bertz CT molecular complexity index is 992. The number of para-hydroxylation sites is 1. The lowest BCUT2D eigenvalue weighted by molar-refractivity contribution is -0.128. The Hall–Kier alpha value is -4.06. The van der Waals surface area contributed by atoms with Crippen LogP contribution >= 0.6 is 0 Å². The number of carbonyl (C=O) groups excluding carboxylic acids is 2. The third-order valence-electron chi connectivity index (χ3n) is 3.68. The summed E-state index contributed by atoms with van der Waals surface area (Å²) in [6.07, 6.45) is 2.93. The first-order chi connectivity index (χ1) is 13.5. The van der Waals surface area contributed by atoms with E-state index in [1.807, 2.05) is 6.07 Å². The number of nitrogen functional groups attached to an aromatic ring is 2. The van der Waals surface area contributed by atoms with Crippen LogP contribution in [0.2, 0.25) is 0 Å². The summed E-state index contributed by atoms with van der Waals surface area (Å²) in [6.45, 7) is 0. The van der Waals surface area contributed by atoms with Crippen LogP contribution in [-0.2, 0) is 4.79 Å². The fourth-order valence-electron chi connectivity index (χ4n) is 2.41. The number of ether oxygens (including phenoxy) is 2. The predicted molar refractivity (Wildman–Crippen MR) is 108 cm³/mol. The molecule has 28 heavy (non-hydrogen) atoms. The molecule has 3 rings (SSSR count). The molecule has 0 spiro atoms. The van der Waals surface area contributed by atoms with E-state index in [1.54, 1.807) is 60.7 Å². The van der Waals surface area contributed by atoms with Crippen LogP contribution in [0.3, 0.4) is 0 Å². The molecule has 0 saturated heterocycles. The molecule has 6 nitrogen and oxygen atoms in total. The van der Waals surface area contributed by atoms with Gasteiger partial charge < -0.3 is 20.9 Å². The predicted octanol–water partition coefficient (Wildman–Crippen LogP) is 3.69. The molecule has 0 aliphatic heterocycles. The van der Waals surface area contributed by atoms with Gasteiger partial charge in [-0.25, -0.2) is 9.59 Å². The summed E-state index contributed by atoms with van der Waals surface area (Å²) in [5.74, 6) is -0.216. The van der Waals surface area contributed by atoms with Crippen molar-refractivity contribution in [2.75, 3.05) is 11.5 Å². The van der Waals surface area contributed by atoms with E-state index in [0.29, 0.717) is 22.9 Å². The zero-order valence-electron chi connectivity index (χ0n) is 14.9. The fraction of sp³-hybridized carbons (Fsp3) is 0. The van der Waals surface area contributed by atoms with Crippen molar-refractivity contribution in [1.29, 1.82) is 0 Å². The summed E-state index contributed by atoms with van der Waals surface area (Å²) in [4.78, 5) is 24.0. The van der Waals surface area contributed by atoms with Crippen molar-refractivity contribution in [3.63, 3.8) is 0 Å². The highest BCUT2D eigenvalue weighted by atomic mass is 16.5. The molecule has 6 heteroatoms. The number of rotatable bonds is 5. The second kappa shape index (κ2) is 8.55. The van der Waals surface area contributed by atoms with Gasteiger partial charge in [0.25, 0.3) is 0 Å². The number of nitrogens with two attached hydrogens (primary N) is 2. The van der Waals surface area contributed by atoms with Gasteiger partial charge in [-0.05, 0) is 54.1 Å². The van der Waals surface area contributed by atoms with E-state index in [-0.39, 0.29) is 5.56 Å². The van der Waals surface area contributed by atoms with Crippen LogP contribution in [0.4, 0.5) is 11.4 Å². The van der Waals surface area contributed by atoms with Gasteiger partial charge in [0.2, 0.25) is 0 Å². The number of benzene rings is 3. The topological polar surface area (TPSA) is 105 Å². The molecule has 0 bridgehead atoms. The van der Waals surface area contributed by atoms with Crippen molar-refractivity contribution in [3.8, 4) is 11.5 Å². The van der Waals surface area contributed by atoms with Crippen molar-refractivity contribution in [1.82, 2.24) is 0 Å². The van der Waals surface area contributed by atoms with E-state index < -0.39 is 11.9 Å². The summed E-state index contributed by atoms with van der Waals surface area (Å²) in [6, 6.07) is 20.0. The third kappa shape index (κ3) is 5.22. The van der Waals surface area contributed by atoms with Crippen LogP contribution in [-0.4, -0.2) is 11.9 Å². The maximum atomic E-state index is 12.2. The molecule has 0 aliphatic carbocycles. The zero-order valence-corrected chi connectivity index (χ0v) is 14.9. The normalized spacial score (nSPS) is 10.6. The molecular formula is C22H18N2O4. The highest BCUT2D eigenvalue weighted by Gasteiger charge is 2.10. The lowest BCUT2D eigenvalue weighted by Gasteiger charge is -2.06. The minimum atomic E-state index is -0.561. The summed E-state index contributed by atoms with van der Waals surface area (Å²) in [5.41, 5.74) is 13.2. The summed E-state index contributed by atoms with van der Waals surface area (Å²) < 4.78 is 10.5. The van der Waals surface area contributed by atoms with Crippen LogP contribution in [0.25, 0.3) is 6.08 Å². The Morgan fingerprint density at radius 3 is 2.00 bits per heavy atom. The molecule has 0 aromatic heterocycles. The molecule has 3 aromatic carbocycles. The molecule has 140 valence electrons. The van der Waals surface area contributed by atoms with E-state index in [0.717, 1.165) is 5.56 Å². The lowest BCUT2D eigenvalue weighted by atomic mass is 10.1. The van der Waals surface area contributed by atoms with Crippen LogP contribution in [0.5, 0.6) is 11.5 Å². The van der Waals surface area contributed by atoms with Gasteiger partial charge >= 0.3 is 11.9 Å². The molecule has 0 aliphatic rings. The lowest BCUT2D eigenvalue weighted by Crippen LogP contribution is -2.09. The molecular weight excluding hydrogens is 356 g/mol. The average molecular weight is 374 g/mol. The second-order valence-corrected chi connectivity index (χ2v) is 5.91. The Morgan fingerprint density at radius 1 is 0.750 bits per heavy atom.